The third kappa shape index (κ3) is 2.55. The molecule has 0 spiro atoms. The monoisotopic (exact) mass is 250 g/mol. The van der Waals surface area contributed by atoms with Crippen molar-refractivity contribution in [2.24, 2.45) is 5.92 Å². The van der Waals surface area contributed by atoms with Crippen LogP contribution in [0.2, 0.25) is 0 Å². The van der Waals surface area contributed by atoms with Crippen LogP contribution in [0.4, 0.5) is 0 Å². The molecule has 0 aliphatic carbocycles. The molecule has 4 nitrogen and oxygen atoms in total. The summed E-state index contributed by atoms with van der Waals surface area (Å²) < 4.78 is 1.83. The Morgan fingerprint density at radius 2 is 2.12 bits per heavy atom. The molecule has 0 fully saturated rings. The van der Waals surface area contributed by atoms with E-state index >= 15 is 0 Å². The van der Waals surface area contributed by atoms with Crippen molar-refractivity contribution >= 4 is 17.3 Å². The summed E-state index contributed by atoms with van der Waals surface area (Å²) in [6.07, 6.45) is 4.48. The first-order valence-electron chi connectivity index (χ1n) is 5.44. The van der Waals surface area contributed by atoms with Crippen molar-refractivity contribution in [1.82, 2.24) is 9.55 Å². The molecule has 17 heavy (non-hydrogen) atoms. The minimum absolute atomic E-state index is 0.187. The molecule has 0 atom stereocenters. The van der Waals surface area contributed by atoms with Gasteiger partial charge in [-0.05, 0) is 24.5 Å². The number of hydrogen-bond donors (Lipinski definition) is 1. The first-order valence-corrected chi connectivity index (χ1v) is 6.26. The predicted octanol–water partition coefficient (Wildman–Crippen LogP) is 2.83. The summed E-state index contributed by atoms with van der Waals surface area (Å²) in [4.78, 5) is 16.2. The summed E-state index contributed by atoms with van der Waals surface area (Å²) in [6, 6.07) is 3.79. The topological polar surface area (TPSA) is 55.1 Å². The molecule has 2 aromatic rings. The summed E-state index contributed by atoms with van der Waals surface area (Å²) in [6.45, 7) is 4.14. The fourth-order valence-electron chi connectivity index (χ4n) is 1.59. The number of carboxylic acids is 1. The van der Waals surface area contributed by atoms with Crippen LogP contribution in [0.25, 0.3) is 5.13 Å². The number of rotatable bonds is 4. The maximum Gasteiger partial charge on any atom is 0.355 e. The van der Waals surface area contributed by atoms with Crippen LogP contribution in [0.1, 0.15) is 29.2 Å². The van der Waals surface area contributed by atoms with Gasteiger partial charge in [-0.1, -0.05) is 13.8 Å². The lowest BCUT2D eigenvalue weighted by Gasteiger charge is -2.01. The van der Waals surface area contributed by atoms with E-state index in [2.05, 4.69) is 18.8 Å². The van der Waals surface area contributed by atoms with Crippen LogP contribution in [0.3, 0.4) is 0 Å². The van der Waals surface area contributed by atoms with Gasteiger partial charge in [-0.3, -0.25) is 0 Å². The lowest BCUT2D eigenvalue weighted by molar-refractivity contribution is 0.0690. The zero-order chi connectivity index (χ0) is 12.4. The Morgan fingerprint density at radius 1 is 1.47 bits per heavy atom. The molecule has 0 saturated heterocycles. The summed E-state index contributed by atoms with van der Waals surface area (Å²) in [5, 5.41) is 9.84. The summed E-state index contributed by atoms with van der Waals surface area (Å²) >= 11 is 1.44. The van der Waals surface area contributed by atoms with Gasteiger partial charge in [-0.15, -0.1) is 11.3 Å². The van der Waals surface area contributed by atoms with E-state index in [0.29, 0.717) is 11.0 Å². The number of carboxylic acid groups (broad SMARTS) is 1. The first-order chi connectivity index (χ1) is 8.08. The molecule has 2 aromatic heterocycles. The highest BCUT2D eigenvalue weighted by molar-refractivity contribution is 7.14. The second kappa shape index (κ2) is 4.71. The third-order valence-electron chi connectivity index (χ3n) is 2.31. The van der Waals surface area contributed by atoms with E-state index in [1.54, 1.807) is 0 Å². The minimum Gasteiger partial charge on any atom is -0.476 e. The Hall–Kier alpha value is -1.62. The minimum atomic E-state index is -0.949. The van der Waals surface area contributed by atoms with Crippen molar-refractivity contribution in [1.29, 1.82) is 0 Å². The zero-order valence-electron chi connectivity index (χ0n) is 9.75. The Kier molecular flexibility index (Phi) is 3.28. The molecular formula is C12H14N2O2S. The fraction of sp³-hybridized carbons (Fsp3) is 0.333. The molecule has 0 unspecified atom stereocenters. The molecule has 0 saturated carbocycles. The van der Waals surface area contributed by atoms with Crippen LogP contribution in [0, 0.1) is 5.92 Å². The van der Waals surface area contributed by atoms with Gasteiger partial charge in [-0.25, -0.2) is 9.78 Å². The van der Waals surface area contributed by atoms with Gasteiger partial charge in [0.25, 0.3) is 0 Å². The molecule has 0 aliphatic heterocycles. The third-order valence-corrected chi connectivity index (χ3v) is 3.40. The Bertz CT molecular complexity index is 515. The van der Waals surface area contributed by atoms with E-state index in [0.717, 1.165) is 11.3 Å². The van der Waals surface area contributed by atoms with E-state index in [4.69, 9.17) is 5.11 Å². The van der Waals surface area contributed by atoms with Crippen LogP contribution in [-0.2, 0) is 6.42 Å². The number of thiazole rings is 1. The summed E-state index contributed by atoms with van der Waals surface area (Å²) in [7, 11) is 0. The van der Waals surface area contributed by atoms with Crippen molar-refractivity contribution in [3.63, 3.8) is 0 Å². The maximum atomic E-state index is 11.1. The molecule has 0 radical (unpaired) electrons. The average molecular weight is 250 g/mol. The number of aromatic nitrogens is 2. The van der Waals surface area contributed by atoms with Crippen LogP contribution in [-0.4, -0.2) is 20.6 Å². The van der Waals surface area contributed by atoms with Crippen LogP contribution < -0.4 is 0 Å². The lowest BCUT2D eigenvalue weighted by atomic mass is 10.1. The van der Waals surface area contributed by atoms with Gasteiger partial charge in [0.1, 0.15) is 0 Å². The lowest BCUT2D eigenvalue weighted by Crippen LogP contribution is -2.03. The number of nitrogens with zero attached hydrogens (tertiary/aromatic N) is 2. The van der Waals surface area contributed by atoms with E-state index in [1.807, 2.05) is 29.1 Å². The van der Waals surface area contributed by atoms with Gasteiger partial charge in [0, 0.05) is 17.3 Å². The van der Waals surface area contributed by atoms with Gasteiger partial charge in [0.2, 0.25) is 0 Å². The summed E-state index contributed by atoms with van der Waals surface area (Å²) in [5.41, 5.74) is 0.187. The number of aromatic carboxylic acids is 1. The Balaban J connectivity index is 2.41. The highest BCUT2D eigenvalue weighted by Crippen LogP contribution is 2.24. The molecule has 0 amide bonds. The molecule has 2 heterocycles. The largest absolute Gasteiger partial charge is 0.476 e. The van der Waals surface area contributed by atoms with Crippen molar-refractivity contribution in [2.45, 2.75) is 20.3 Å². The van der Waals surface area contributed by atoms with Crippen LogP contribution >= 0.6 is 11.3 Å². The van der Waals surface area contributed by atoms with Crippen molar-refractivity contribution < 1.29 is 9.90 Å². The second-order valence-electron chi connectivity index (χ2n) is 4.26. The number of hydrogen-bond acceptors (Lipinski definition) is 3. The standard InChI is InChI=1S/C12H14N2O2S/c1-8(2)7-9-10(11(15)16)13-12(17-9)14-5-3-4-6-14/h3-6,8H,7H2,1-2H3,(H,15,16). The first kappa shape index (κ1) is 11.9. The normalized spacial score (nSPS) is 11.0. The molecular weight excluding hydrogens is 236 g/mol. The predicted molar refractivity (Wildman–Crippen MR) is 66.9 cm³/mol. The maximum absolute atomic E-state index is 11.1. The Labute approximate surface area is 104 Å². The van der Waals surface area contributed by atoms with E-state index in [-0.39, 0.29) is 5.69 Å². The van der Waals surface area contributed by atoms with Crippen LogP contribution in [0.15, 0.2) is 24.5 Å². The molecule has 0 bridgehead atoms. The molecule has 1 N–H and O–H groups in total. The molecule has 0 aliphatic rings. The molecule has 90 valence electrons. The van der Waals surface area contributed by atoms with E-state index in [9.17, 15) is 4.79 Å². The van der Waals surface area contributed by atoms with Gasteiger partial charge >= 0.3 is 5.97 Å². The van der Waals surface area contributed by atoms with Gasteiger partial charge in [-0.2, -0.15) is 0 Å². The molecule has 0 aromatic carbocycles. The highest BCUT2D eigenvalue weighted by atomic mass is 32.1. The fourth-order valence-corrected chi connectivity index (χ4v) is 2.82. The van der Waals surface area contributed by atoms with Crippen LogP contribution in [0.5, 0.6) is 0 Å². The van der Waals surface area contributed by atoms with Crippen molar-refractivity contribution in [3.05, 3.63) is 35.1 Å². The van der Waals surface area contributed by atoms with Gasteiger partial charge in [0.05, 0.1) is 0 Å². The molecule has 5 heteroatoms. The smallest absolute Gasteiger partial charge is 0.355 e. The van der Waals surface area contributed by atoms with Crippen molar-refractivity contribution in [3.8, 4) is 5.13 Å². The molecule has 2 rings (SSSR count). The average Bonchev–Trinajstić information content (AvgIpc) is 2.82. The Morgan fingerprint density at radius 3 is 2.65 bits per heavy atom. The quantitative estimate of drug-likeness (QED) is 0.907. The van der Waals surface area contributed by atoms with Gasteiger partial charge in [0.15, 0.2) is 10.8 Å². The summed E-state index contributed by atoms with van der Waals surface area (Å²) in [5.74, 6) is -0.527. The zero-order valence-corrected chi connectivity index (χ0v) is 10.6. The number of carbonyl (C=O) groups is 1. The SMILES string of the molecule is CC(C)Cc1sc(-n2cccc2)nc1C(=O)O. The van der Waals surface area contributed by atoms with Crippen molar-refractivity contribution in [2.75, 3.05) is 0 Å². The van der Waals surface area contributed by atoms with E-state index in [1.165, 1.54) is 11.3 Å². The van der Waals surface area contributed by atoms with Gasteiger partial charge < -0.3 is 9.67 Å². The highest BCUT2D eigenvalue weighted by Gasteiger charge is 2.18. The second-order valence-corrected chi connectivity index (χ2v) is 5.32. The van der Waals surface area contributed by atoms with E-state index < -0.39 is 5.97 Å².